The minimum Gasteiger partial charge on any atom is -0.337 e. The van der Waals surface area contributed by atoms with Crippen LogP contribution in [0.2, 0.25) is 0 Å². The van der Waals surface area contributed by atoms with E-state index in [1.807, 2.05) is 37.5 Å². The van der Waals surface area contributed by atoms with Crippen molar-refractivity contribution in [2.24, 2.45) is 5.92 Å². The Morgan fingerprint density at radius 3 is 2.23 bits per heavy atom. The summed E-state index contributed by atoms with van der Waals surface area (Å²) in [6, 6.07) is 3.24. The summed E-state index contributed by atoms with van der Waals surface area (Å²) < 4.78 is 27.1. The number of nitrogens with zero attached hydrogens (tertiary/aromatic N) is 2. The number of halogens is 2. The van der Waals surface area contributed by atoms with Gasteiger partial charge < -0.3 is 4.90 Å². The minimum atomic E-state index is -0.682. The standard InChI is InChI=1S/C20H28F2N2O2/c1-13(2)24(14(3)4)19(25)12-23-9-7-15(8-10-23)20(26)17-11-16(21)5-6-18(17)22/h5-6,11,13-15H,7-10,12H2,1-4H3. The van der Waals surface area contributed by atoms with Crippen LogP contribution in [0, 0.1) is 17.6 Å². The number of benzene rings is 1. The topological polar surface area (TPSA) is 40.6 Å². The predicted octanol–water partition coefficient (Wildman–Crippen LogP) is 3.50. The average Bonchev–Trinajstić information content (AvgIpc) is 2.56. The molecule has 0 aliphatic carbocycles. The third-order valence-corrected chi connectivity index (χ3v) is 4.91. The monoisotopic (exact) mass is 366 g/mol. The molecule has 1 aliphatic rings. The van der Waals surface area contributed by atoms with Crippen LogP contribution in [0.25, 0.3) is 0 Å². The Kier molecular flexibility index (Phi) is 6.87. The fourth-order valence-corrected chi connectivity index (χ4v) is 3.70. The number of ketones is 1. The van der Waals surface area contributed by atoms with Gasteiger partial charge in [0.1, 0.15) is 11.6 Å². The van der Waals surface area contributed by atoms with Crippen LogP contribution in [-0.2, 0) is 4.79 Å². The van der Waals surface area contributed by atoms with Crippen molar-refractivity contribution < 1.29 is 18.4 Å². The summed E-state index contributed by atoms with van der Waals surface area (Å²) in [6.45, 7) is 9.51. The van der Waals surface area contributed by atoms with Crippen molar-refractivity contribution in [3.8, 4) is 0 Å². The van der Waals surface area contributed by atoms with Crippen LogP contribution in [0.1, 0.15) is 50.9 Å². The molecular formula is C20H28F2N2O2. The van der Waals surface area contributed by atoms with Crippen molar-refractivity contribution in [2.45, 2.75) is 52.6 Å². The molecule has 1 fully saturated rings. The lowest BCUT2D eigenvalue weighted by atomic mass is 9.88. The van der Waals surface area contributed by atoms with Crippen LogP contribution >= 0.6 is 0 Å². The molecule has 1 heterocycles. The van der Waals surface area contributed by atoms with Gasteiger partial charge in [0.25, 0.3) is 0 Å². The number of piperidine rings is 1. The van der Waals surface area contributed by atoms with Gasteiger partial charge in [0.2, 0.25) is 5.91 Å². The first-order chi connectivity index (χ1) is 12.2. The van der Waals surface area contributed by atoms with Gasteiger partial charge in [0.15, 0.2) is 5.78 Å². The van der Waals surface area contributed by atoms with E-state index in [-0.39, 0.29) is 35.3 Å². The van der Waals surface area contributed by atoms with Crippen LogP contribution in [0.3, 0.4) is 0 Å². The molecule has 1 aromatic rings. The Labute approximate surface area is 154 Å². The normalized spacial score (nSPS) is 16.3. The highest BCUT2D eigenvalue weighted by Gasteiger charge is 2.30. The lowest BCUT2D eigenvalue weighted by Crippen LogP contribution is -2.48. The highest BCUT2D eigenvalue weighted by atomic mass is 19.1. The van der Waals surface area contributed by atoms with E-state index < -0.39 is 11.6 Å². The van der Waals surface area contributed by atoms with E-state index >= 15 is 0 Å². The summed E-state index contributed by atoms with van der Waals surface area (Å²) in [4.78, 5) is 28.9. The molecule has 1 amide bonds. The first-order valence-electron chi connectivity index (χ1n) is 9.23. The largest absolute Gasteiger partial charge is 0.337 e. The molecule has 0 radical (unpaired) electrons. The van der Waals surface area contributed by atoms with Crippen LogP contribution < -0.4 is 0 Å². The molecule has 0 saturated carbocycles. The summed E-state index contributed by atoms with van der Waals surface area (Å²) in [7, 11) is 0. The molecular weight excluding hydrogens is 338 g/mol. The van der Waals surface area contributed by atoms with Crippen LogP contribution in [-0.4, -0.2) is 53.2 Å². The maximum absolute atomic E-state index is 13.8. The summed E-state index contributed by atoms with van der Waals surface area (Å²) in [5, 5.41) is 0. The maximum atomic E-state index is 13.8. The van der Waals surface area contributed by atoms with Crippen molar-refractivity contribution >= 4 is 11.7 Å². The van der Waals surface area contributed by atoms with Crippen LogP contribution in [0.15, 0.2) is 18.2 Å². The van der Waals surface area contributed by atoms with Gasteiger partial charge in [0, 0.05) is 18.0 Å². The summed E-state index contributed by atoms with van der Waals surface area (Å²) in [5.74, 6) is -1.89. The highest BCUT2D eigenvalue weighted by Crippen LogP contribution is 2.24. The number of likely N-dealkylation sites (tertiary alicyclic amines) is 1. The van der Waals surface area contributed by atoms with E-state index in [0.717, 1.165) is 18.2 Å². The number of rotatable bonds is 6. The van der Waals surface area contributed by atoms with Crippen LogP contribution in [0.4, 0.5) is 8.78 Å². The molecule has 144 valence electrons. The number of hydrogen-bond donors (Lipinski definition) is 0. The fourth-order valence-electron chi connectivity index (χ4n) is 3.70. The zero-order chi connectivity index (χ0) is 19.4. The lowest BCUT2D eigenvalue weighted by Gasteiger charge is -2.35. The first kappa shape index (κ1) is 20.5. The Morgan fingerprint density at radius 1 is 1.12 bits per heavy atom. The maximum Gasteiger partial charge on any atom is 0.237 e. The zero-order valence-electron chi connectivity index (χ0n) is 16.0. The van der Waals surface area contributed by atoms with Gasteiger partial charge in [-0.1, -0.05) is 0 Å². The Balaban J connectivity index is 1.93. The Hall–Kier alpha value is -1.82. The summed E-state index contributed by atoms with van der Waals surface area (Å²) in [5.41, 5.74) is -0.176. The van der Waals surface area contributed by atoms with E-state index in [4.69, 9.17) is 0 Å². The molecule has 0 aromatic heterocycles. The zero-order valence-corrected chi connectivity index (χ0v) is 16.0. The third kappa shape index (κ3) is 4.87. The van der Waals surface area contributed by atoms with Gasteiger partial charge in [-0.15, -0.1) is 0 Å². The number of amides is 1. The second-order valence-corrected chi connectivity index (χ2v) is 7.53. The number of carbonyl (C=O) groups is 2. The minimum absolute atomic E-state index is 0.0796. The van der Waals surface area contributed by atoms with E-state index in [1.54, 1.807) is 0 Å². The molecule has 0 unspecified atom stereocenters. The molecule has 0 atom stereocenters. The molecule has 6 heteroatoms. The molecule has 0 N–H and O–H groups in total. The molecule has 1 aliphatic heterocycles. The summed E-state index contributed by atoms with van der Waals surface area (Å²) >= 11 is 0. The molecule has 1 saturated heterocycles. The molecule has 1 aromatic carbocycles. The second kappa shape index (κ2) is 8.71. The van der Waals surface area contributed by atoms with Crippen molar-refractivity contribution in [3.63, 3.8) is 0 Å². The van der Waals surface area contributed by atoms with Crippen molar-refractivity contribution in [2.75, 3.05) is 19.6 Å². The van der Waals surface area contributed by atoms with E-state index in [0.29, 0.717) is 32.5 Å². The quantitative estimate of drug-likeness (QED) is 0.724. The smallest absolute Gasteiger partial charge is 0.237 e. The van der Waals surface area contributed by atoms with Gasteiger partial charge in [0.05, 0.1) is 12.1 Å². The number of carbonyl (C=O) groups excluding carboxylic acids is 2. The first-order valence-corrected chi connectivity index (χ1v) is 9.23. The van der Waals surface area contributed by atoms with Crippen molar-refractivity contribution in [3.05, 3.63) is 35.4 Å². The highest BCUT2D eigenvalue weighted by molar-refractivity contribution is 5.98. The lowest BCUT2D eigenvalue weighted by molar-refractivity contribution is -0.136. The average molecular weight is 366 g/mol. The third-order valence-electron chi connectivity index (χ3n) is 4.91. The molecule has 4 nitrogen and oxygen atoms in total. The molecule has 0 bridgehead atoms. The van der Waals surface area contributed by atoms with Crippen LogP contribution in [0.5, 0.6) is 0 Å². The van der Waals surface area contributed by atoms with Gasteiger partial charge in [-0.25, -0.2) is 8.78 Å². The van der Waals surface area contributed by atoms with Crippen molar-refractivity contribution in [1.29, 1.82) is 0 Å². The Bertz CT molecular complexity index is 645. The SMILES string of the molecule is CC(C)N(C(=O)CN1CCC(C(=O)c2cc(F)ccc2F)CC1)C(C)C. The molecule has 2 rings (SSSR count). The molecule has 26 heavy (non-hydrogen) atoms. The van der Waals surface area contributed by atoms with Gasteiger partial charge >= 0.3 is 0 Å². The van der Waals surface area contributed by atoms with E-state index in [2.05, 4.69) is 0 Å². The number of hydrogen-bond acceptors (Lipinski definition) is 3. The van der Waals surface area contributed by atoms with Gasteiger partial charge in [-0.2, -0.15) is 0 Å². The second-order valence-electron chi connectivity index (χ2n) is 7.53. The predicted molar refractivity (Wildman–Crippen MR) is 97.0 cm³/mol. The Morgan fingerprint density at radius 2 is 1.69 bits per heavy atom. The van der Waals surface area contributed by atoms with E-state index in [9.17, 15) is 18.4 Å². The van der Waals surface area contributed by atoms with Crippen molar-refractivity contribution in [1.82, 2.24) is 9.80 Å². The van der Waals surface area contributed by atoms with E-state index in [1.165, 1.54) is 0 Å². The fraction of sp³-hybridized carbons (Fsp3) is 0.600. The van der Waals surface area contributed by atoms with Gasteiger partial charge in [-0.3, -0.25) is 14.5 Å². The summed E-state index contributed by atoms with van der Waals surface area (Å²) in [6.07, 6.45) is 1.09. The van der Waals surface area contributed by atoms with Gasteiger partial charge in [-0.05, 0) is 71.8 Å². The molecule has 0 spiro atoms. The number of Topliss-reactive ketones (excluding diaryl/α,β-unsaturated/α-hetero) is 1.